The lowest BCUT2D eigenvalue weighted by molar-refractivity contribution is 0.387. The third-order valence-corrected chi connectivity index (χ3v) is 3.85. The number of nitrogens with zero attached hydrogens (tertiary/aromatic N) is 1. The Morgan fingerprint density at radius 1 is 1.40 bits per heavy atom. The Balaban J connectivity index is 2.41. The molecule has 0 aromatic carbocycles. The number of hydrogen-bond acceptors (Lipinski definition) is 3. The van der Waals surface area contributed by atoms with E-state index in [-0.39, 0.29) is 0 Å². The molecule has 0 saturated carbocycles. The fourth-order valence-corrected chi connectivity index (χ4v) is 2.48. The van der Waals surface area contributed by atoms with Crippen molar-refractivity contribution < 1.29 is 0 Å². The average molecular weight is 226 g/mol. The largest absolute Gasteiger partial charge is 0.307 e. The summed E-state index contributed by atoms with van der Waals surface area (Å²) in [6, 6.07) is 0.610. The van der Waals surface area contributed by atoms with Gasteiger partial charge in [-0.2, -0.15) is 0 Å². The Bertz CT molecular complexity index is 281. The van der Waals surface area contributed by atoms with Crippen molar-refractivity contribution in [2.45, 2.75) is 53.1 Å². The molecule has 1 aromatic rings. The highest BCUT2D eigenvalue weighted by Gasteiger charge is 2.10. The monoisotopic (exact) mass is 226 g/mol. The maximum Gasteiger partial charge on any atom is 0.107 e. The van der Waals surface area contributed by atoms with Crippen LogP contribution in [0.4, 0.5) is 0 Å². The van der Waals surface area contributed by atoms with E-state index in [0.29, 0.717) is 12.0 Å². The van der Waals surface area contributed by atoms with Gasteiger partial charge in [-0.05, 0) is 18.8 Å². The van der Waals surface area contributed by atoms with Crippen molar-refractivity contribution >= 4 is 11.3 Å². The molecule has 3 heteroatoms. The normalized spacial score (nSPS) is 13.4. The molecule has 0 aliphatic carbocycles. The van der Waals surface area contributed by atoms with Crippen LogP contribution < -0.4 is 5.32 Å². The van der Waals surface area contributed by atoms with Crippen molar-refractivity contribution in [1.29, 1.82) is 0 Å². The predicted molar refractivity (Wildman–Crippen MR) is 67.2 cm³/mol. The van der Waals surface area contributed by atoms with Gasteiger partial charge in [0, 0.05) is 23.7 Å². The van der Waals surface area contributed by atoms with Gasteiger partial charge in [0.1, 0.15) is 5.01 Å². The number of thiazole rings is 1. The van der Waals surface area contributed by atoms with Gasteiger partial charge < -0.3 is 5.32 Å². The van der Waals surface area contributed by atoms with E-state index in [1.807, 2.05) is 17.5 Å². The van der Waals surface area contributed by atoms with Crippen LogP contribution in [0.1, 0.15) is 44.0 Å². The molecule has 1 aromatic heterocycles. The van der Waals surface area contributed by atoms with Gasteiger partial charge in [-0.25, -0.2) is 4.98 Å². The number of nitrogens with one attached hydrogen (secondary N) is 1. The molecule has 0 aliphatic rings. The predicted octanol–water partition coefficient (Wildman–Crippen LogP) is 3.23. The van der Waals surface area contributed by atoms with Crippen molar-refractivity contribution in [3.05, 3.63) is 16.1 Å². The van der Waals surface area contributed by atoms with Gasteiger partial charge >= 0.3 is 0 Å². The molecule has 2 nitrogen and oxygen atoms in total. The molecule has 1 atom stereocenters. The fraction of sp³-hybridized carbons (Fsp3) is 0.750. The average Bonchev–Trinajstić information content (AvgIpc) is 2.66. The lowest BCUT2D eigenvalue weighted by Crippen LogP contribution is -2.32. The first-order chi connectivity index (χ1) is 7.17. The molecule has 0 aliphatic heterocycles. The zero-order valence-electron chi connectivity index (χ0n) is 10.2. The van der Waals surface area contributed by atoms with Crippen LogP contribution >= 0.6 is 11.3 Å². The van der Waals surface area contributed by atoms with Crippen molar-refractivity contribution in [1.82, 2.24) is 10.3 Å². The van der Waals surface area contributed by atoms with Crippen LogP contribution in [0.15, 0.2) is 6.20 Å². The summed E-state index contributed by atoms with van der Waals surface area (Å²) in [5, 5.41) is 4.78. The minimum Gasteiger partial charge on any atom is -0.307 e. The van der Waals surface area contributed by atoms with E-state index in [4.69, 9.17) is 0 Å². The van der Waals surface area contributed by atoms with Gasteiger partial charge in [0.25, 0.3) is 0 Å². The highest BCUT2D eigenvalue weighted by molar-refractivity contribution is 7.11. The number of hydrogen-bond donors (Lipinski definition) is 1. The maximum atomic E-state index is 4.41. The van der Waals surface area contributed by atoms with E-state index in [2.05, 4.69) is 38.0 Å². The van der Waals surface area contributed by atoms with Crippen molar-refractivity contribution in [2.24, 2.45) is 5.92 Å². The van der Waals surface area contributed by atoms with Crippen LogP contribution in [0.5, 0.6) is 0 Å². The van der Waals surface area contributed by atoms with Gasteiger partial charge in [0.15, 0.2) is 0 Å². The first-order valence-electron chi connectivity index (χ1n) is 5.84. The molecule has 0 spiro atoms. The Hall–Kier alpha value is -0.410. The molecule has 1 heterocycles. The van der Waals surface area contributed by atoms with E-state index < -0.39 is 0 Å². The van der Waals surface area contributed by atoms with Crippen LogP contribution in [-0.4, -0.2) is 11.0 Å². The van der Waals surface area contributed by atoms with Crippen molar-refractivity contribution in [2.75, 3.05) is 0 Å². The first-order valence-corrected chi connectivity index (χ1v) is 6.66. The SMILES string of the molecule is CCc1cnc(CNC(CC)C(C)C)s1. The Morgan fingerprint density at radius 3 is 2.60 bits per heavy atom. The number of rotatable bonds is 6. The van der Waals surface area contributed by atoms with Gasteiger partial charge in [-0.3, -0.25) is 0 Å². The second-order valence-corrected chi connectivity index (χ2v) is 5.41. The lowest BCUT2D eigenvalue weighted by Gasteiger charge is -2.19. The molecular formula is C12H22N2S. The van der Waals surface area contributed by atoms with E-state index in [0.717, 1.165) is 13.0 Å². The standard InChI is InChI=1S/C12H22N2S/c1-5-10-7-14-12(15-10)8-13-11(6-2)9(3)4/h7,9,11,13H,5-6,8H2,1-4H3. The Morgan fingerprint density at radius 2 is 2.13 bits per heavy atom. The highest BCUT2D eigenvalue weighted by atomic mass is 32.1. The summed E-state index contributed by atoms with van der Waals surface area (Å²) in [6.45, 7) is 9.85. The molecule has 86 valence electrons. The van der Waals surface area contributed by atoms with Crippen LogP contribution in [-0.2, 0) is 13.0 Å². The van der Waals surface area contributed by atoms with Gasteiger partial charge in [0.05, 0.1) is 0 Å². The Kier molecular flexibility index (Phi) is 5.26. The third kappa shape index (κ3) is 3.92. The lowest BCUT2D eigenvalue weighted by atomic mass is 10.0. The number of aromatic nitrogens is 1. The molecule has 1 N–H and O–H groups in total. The molecular weight excluding hydrogens is 204 g/mol. The van der Waals surface area contributed by atoms with Crippen LogP contribution in [0.2, 0.25) is 0 Å². The summed E-state index contributed by atoms with van der Waals surface area (Å²) in [4.78, 5) is 5.79. The molecule has 0 saturated heterocycles. The molecule has 0 fully saturated rings. The highest BCUT2D eigenvalue weighted by Crippen LogP contribution is 2.14. The van der Waals surface area contributed by atoms with Crippen LogP contribution in [0.25, 0.3) is 0 Å². The first kappa shape index (κ1) is 12.7. The smallest absolute Gasteiger partial charge is 0.107 e. The molecule has 1 unspecified atom stereocenters. The van der Waals surface area contributed by atoms with Gasteiger partial charge in [-0.1, -0.05) is 27.7 Å². The quantitative estimate of drug-likeness (QED) is 0.805. The second kappa shape index (κ2) is 6.23. The minimum atomic E-state index is 0.610. The molecule has 0 bridgehead atoms. The maximum absolute atomic E-state index is 4.41. The minimum absolute atomic E-state index is 0.610. The Labute approximate surface area is 97.1 Å². The zero-order valence-corrected chi connectivity index (χ0v) is 11.0. The van der Waals surface area contributed by atoms with E-state index in [9.17, 15) is 0 Å². The molecule has 15 heavy (non-hydrogen) atoms. The topological polar surface area (TPSA) is 24.9 Å². The molecule has 0 radical (unpaired) electrons. The van der Waals surface area contributed by atoms with Crippen molar-refractivity contribution in [3.63, 3.8) is 0 Å². The zero-order chi connectivity index (χ0) is 11.3. The van der Waals surface area contributed by atoms with E-state index in [1.165, 1.54) is 16.3 Å². The van der Waals surface area contributed by atoms with E-state index in [1.54, 1.807) is 0 Å². The second-order valence-electron chi connectivity index (χ2n) is 4.21. The summed E-state index contributed by atoms with van der Waals surface area (Å²) >= 11 is 1.82. The van der Waals surface area contributed by atoms with Gasteiger partial charge in [-0.15, -0.1) is 11.3 Å². The summed E-state index contributed by atoms with van der Waals surface area (Å²) in [7, 11) is 0. The molecule has 0 amide bonds. The van der Waals surface area contributed by atoms with Crippen molar-refractivity contribution in [3.8, 4) is 0 Å². The fourth-order valence-electron chi connectivity index (χ4n) is 1.66. The van der Waals surface area contributed by atoms with E-state index >= 15 is 0 Å². The summed E-state index contributed by atoms with van der Waals surface area (Å²) in [5.74, 6) is 0.695. The van der Waals surface area contributed by atoms with Crippen LogP contribution in [0.3, 0.4) is 0 Å². The summed E-state index contributed by atoms with van der Waals surface area (Å²) < 4.78 is 0. The van der Waals surface area contributed by atoms with Crippen LogP contribution in [0, 0.1) is 5.92 Å². The summed E-state index contributed by atoms with van der Waals surface area (Å²) in [5.41, 5.74) is 0. The summed E-state index contributed by atoms with van der Waals surface area (Å²) in [6.07, 6.45) is 4.28. The number of aryl methyl sites for hydroxylation is 1. The third-order valence-electron chi connectivity index (χ3n) is 2.71. The molecule has 1 rings (SSSR count). The van der Waals surface area contributed by atoms with Gasteiger partial charge in [0.2, 0.25) is 0 Å².